The van der Waals surface area contributed by atoms with Gasteiger partial charge >= 0.3 is 0 Å². The summed E-state index contributed by atoms with van der Waals surface area (Å²) in [5.41, 5.74) is 4.61. The first-order valence-electron chi connectivity index (χ1n) is 8.06. The lowest BCUT2D eigenvalue weighted by molar-refractivity contribution is -0.120. The number of hydrogen-bond acceptors (Lipinski definition) is 3. The molecule has 0 unspecified atom stereocenters. The van der Waals surface area contributed by atoms with Crippen LogP contribution < -0.4 is 5.32 Å². The van der Waals surface area contributed by atoms with E-state index in [4.69, 9.17) is 5.10 Å². The minimum atomic E-state index is 0.0889. The quantitative estimate of drug-likeness (QED) is 0.921. The molecule has 0 saturated heterocycles. The van der Waals surface area contributed by atoms with Crippen molar-refractivity contribution in [2.75, 3.05) is 6.54 Å². The summed E-state index contributed by atoms with van der Waals surface area (Å²) in [6.45, 7) is 3.22. The molecule has 0 aromatic carbocycles. The Morgan fingerprint density at radius 2 is 2.18 bits per heavy atom. The van der Waals surface area contributed by atoms with Crippen molar-refractivity contribution >= 4 is 5.91 Å². The highest BCUT2D eigenvalue weighted by Gasteiger charge is 2.22. The highest BCUT2D eigenvalue weighted by molar-refractivity contribution is 5.75. The first-order chi connectivity index (χ1) is 10.8. The van der Waals surface area contributed by atoms with Gasteiger partial charge in [-0.25, -0.2) is 0 Å². The summed E-state index contributed by atoms with van der Waals surface area (Å²) in [7, 11) is 0. The van der Waals surface area contributed by atoms with Crippen LogP contribution in [0, 0.1) is 0 Å². The monoisotopic (exact) mass is 298 g/mol. The molecule has 2 aromatic rings. The number of nitrogens with one attached hydrogen (secondary N) is 1. The molecule has 2 heterocycles. The van der Waals surface area contributed by atoms with Gasteiger partial charge in [-0.3, -0.25) is 14.5 Å². The largest absolute Gasteiger partial charge is 0.354 e. The van der Waals surface area contributed by atoms with E-state index in [9.17, 15) is 4.79 Å². The molecule has 1 amide bonds. The molecular formula is C17H22N4O. The number of nitrogens with zero attached hydrogens (tertiary/aromatic N) is 3. The topological polar surface area (TPSA) is 59.8 Å². The summed E-state index contributed by atoms with van der Waals surface area (Å²) in [4.78, 5) is 15.8. The van der Waals surface area contributed by atoms with E-state index in [2.05, 4.69) is 15.0 Å². The average molecular weight is 298 g/mol. The van der Waals surface area contributed by atoms with E-state index in [0.29, 0.717) is 13.0 Å². The highest BCUT2D eigenvalue weighted by atomic mass is 16.1. The van der Waals surface area contributed by atoms with Crippen LogP contribution in [0.4, 0.5) is 0 Å². The average Bonchev–Trinajstić information content (AvgIpc) is 2.94. The molecule has 1 aliphatic rings. The van der Waals surface area contributed by atoms with Gasteiger partial charge in [0.1, 0.15) is 5.69 Å². The molecule has 0 fully saturated rings. The van der Waals surface area contributed by atoms with Gasteiger partial charge in [0, 0.05) is 30.4 Å². The van der Waals surface area contributed by atoms with Crippen molar-refractivity contribution in [3.8, 4) is 11.4 Å². The van der Waals surface area contributed by atoms with Crippen LogP contribution >= 0.6 is 0 Å². The van der Waals surface area contributed by atoms with Gasteiger partial charge in [-0.15, -0.1) is 0 Å². The Morgan fingerprint density at radius 1 is 1.32 bits per heavy atom. The van der Waals surface area contributed by atoms with E-state index in [1.165, 1.54) is 24.1 Å². The number of fused-ring (bicyclic) bond motifs is 1. The number of hydrogen-bond donors (Lipinski definition) is 1. The van der Waals surface area contributed by atoms with E-state index < -0.39 is 0 Å². The van der Waals surface area contributed by atoms with Gasteiger partial charge in [0.15, 0.2) is 0 Å². The molecule has 116 valence electrons. The van der Waals surface area contributed by atoms with Crippen LogP contribution in [-0.4, -0.2) is 27.2 Å². The standard InChI is InChI=1S/C17H22N4O/c1-2-16(22)19-11-12-21-15-9-4-3-7-13(15)17(20-21)14-8-5-6-10-18-14/h5-6,8,10H,2-4,7,9,11-12H2,1H3,(H,19,22). The number of rotatable bonds is 5. The van der Waals surface area contributed by atoms with E-state index in [0.717, 1.165) is 30.8 Å². The Bertz CT molecular complexity index is 648. The number of amides is 1. The minimum absolute atomic E-state index is 0.0889. The van der Waals surface area contributed by atoms with Crippen molar-refractivity contribution in [2.45, 2.75) is 45.6 Å². The van der Waals surface area contributed by atoms with Crippen molar-refractivity contribution in [3.05, 3.63) is 35.7 Å². The van der Waals surface area contributed by atoms with Crippen molar-refractivity contribution in [3.63, 3.8) is 0 Å². The van der Waals surface area contributed by atoms with Crippen molar-refractivity contribution in [2.24, 2.45) is 0 Å². The zero-order valence-corrected chi connectivity index (χ0v) is 13.0. The lowest BCUT2D eigenvalue weighted by Crippen LogP contribution is -2.27. The summed E-state index contributed by atoms with van der Waals surface area (Å²) in [6.07, 6.45) is 6.90. The molecule has 1 N–H and O–H groups in total. The Hall–Kier alpha value is -2.17. The predicted octanol–water partition coefficient (Wildman–Crippen LogP) is 2.35. The van der Waals surface area contributed by atoms with Crippen LogP contribution in [0.2, 0.25) is 0 Å². The molecule has 0 atom stereocenters. The molecule has 3 rings (SSSR count). The van der Waals surface area contributed by atoms with Gasteiger partial charge < -0.3 is 5.32 Å². The highest BCUT2D eigenvalue weighted by Crippen LogP contribution is 2.30. The molecule has 2 aromatic heterocycles. The SMILES string of the molecule is CCC(=O)NCCn1nc(-c2ccccn2)c2c1CCCC2. The normalized spacial score (nSPS) is 13.7. The van der Waals surface area contributed by atoms with Crippen molar-refractivity contribution < 1.29 is 4.79 Å². The molecule has 5 heteroatoms. The van der Waals surface area contributed by atoms with Gasteiger partial charge in [-0.2, -0.15) is 5.10 Å². The van der Waals surface area contributed by atoms with Crippen LogP contribution in [-0.2, 0) is 24.2 Å². The van der Waals surface area contributed by atoms with E-state index in [1.54, 1.807) is 0 Å². The van der Waals surface area contributed by atoms with E-state index in [1.807, 2.05) is 31.3 Å². The Morgan fingerprint density at radius 3 is 2.95 bits per heavy atom. The fourth-order valence-electron chi connectivity index (χ4n) is 2.99. The third-order valence-corrected chi connectivity index (χ3v) is 4.13. The summed E-state index contributed by atoms with van der Waals surface area (Å²) in [6, 6.07) is 5.94. The molecule has 0 bridgehead atoms. The lowest BCUT2D eigenvalue weighted by atomic mass is 9.95. The number of pyridine rings is 1. The zero-order chi connectivity index (χ0) is 15.4. The molecular weight excluding hydrogens is 276 g/mol. The summed E-state index contributed by atoms with van der Waals surface area (Å²) < 4.78 is 2.06. The van der Waals surface area contributed by atoms with Crippen molar-refractivity contribution in [1.82, 2.24) is 20.1 Å². The van der Waals surface area contributed by atoms with E-state index in [-0.39, 0.29) is 5.91 Å². The smallest absolute Gasteiger partial charge is 0.219 e. The van der Waals surface area contributed by atoms with E-state index >= 15 is 0 Å². The number of carbonyl (C=O) groups excluding carboxylic acids is 1. The van der Waals surface area contributed by atoms with Gasteiger partial charge in [-0.05, 0) is 37.8 Å². The van der Waals surface area contributed by atoms with Gasteiger partial charge in [0.25, 0.3) is 0 Å². The summed E-state index contributed by atoms with van der Waals surface area (Å²) in [5, 5.41) is 7.71. The Balaban J connectivity index is 1.84. The summed E-state index contributed by atoms with van der Waals surface area (Å²) in [5.74, 6) is 0.0889. The van der Waals surface area contributed by atoms with Crippen LogP contribution in [0.15, 0.2) is 24.4 Å². The number of aromatic nitrogens is 3. The third-order valence-electron chi connectivity index (χ3n) is 4.13. The second-order valence-corrected chi connectivity index (χ2v) is 5.62. The second kappa shape index (κ2) is 6.73. The molecule has 0 spiro atoms. The van der Waals surface area contributed by atoms with Crippen LogP contribution in [0.25, 0.3) is 11.4 Å². The van der Waals surface area contributed by atoms with Gasteiger partial charge in [0.05, 0.1) is 12.2 Å². The maximum absolute atomic E-state index is 11.4. The Kier molecular flexibility index (Phi) is 4.51. The summed E-state index contributed by atoms with van der Waals surface area (Å²) >= 11 is 0. The molecule has 0 radical (unpaired) electrons. The lowest BCUT2D eigenvalue weighted by Gasteiger charge is -2.14. The maximum atomic E-state index is 11.4. The second-order valence-electron chi connectivity index (χ2n) is 5.62. The predicted molar refractivity (Wildman–Crippen MR) is 85.4 cm³/mol. The number of carbonyl (C=O) groups is 1. The first kappa shape index (κ1) is 14.8. The molecule has 22 heavy (non-hydrogen) atoms. The van der Waals surface area contributed by atoms with Crippen LogP contribution in [0.3, 0.4) is 0 Å². The molecule has 1 aliphatic carbocycles. The fourth-order valence-corrected chi connectivity index (χ4v) is 2.99. The van der Waals surface area contributed by atoms with Gasteiger partial charge in [-0.1, -0.05) is 13.0 Å². The molecule has 5 nitrogen and oxygen atoms in total. The Labute approximate surface area is 130 Å². The molecule has 0 saturated carbocycles. The molecule has 0 aliphatic heterocycles. The fraction of sp³-hybridized carbons (Fsp3) is 0.471. The van der Waals surface area contributed by atoms with Gasteiger partial charge in [0.2, 0.25) is 5.91 Å². The maximum Gasteiger partial charge on any atom is 0.219 e. The van der Waals surface area contributed by atoms with Crippen LogP contribution in [0.5, 0.6) is 0 Å². The third kappa shape index (κ3) is 3.03. The van der Waals surface area contributed by atoms with Crippen molar-refractivity contribution in [1.29, 1.82) is 0 Å². The van der Waals surface area contributed by atoms with Crippen LogP contribution in [0.1, 0.15) is 37.4 Å². The zero-order valence-electron chi connectivity index (χ0n) is 13.0. The minimum Gasteiger partial charge on any atom is -0.354 e. The first-order valence-corrected chi connectivity index (χ1v) is 8.06.